The Morgan fingerprint density at radius 3 is 2.61 bits per heavy atom. The van der Waals surface area contributed by atoms with Gasteiger partial charge in [0.25, 0.3) is 5.91 Å². The Hall–Kier alpha value is -2.57. The van der Waals surface area contributed by atoms with Gasteiger partial charge in [0, 0.05) is 13.1 Å². The summed E-state index contributed by atoms with van der Waals surface area (Å²) in [6.07, 6.45) is 3.10. The zero-order chi connectivity index (χ0) is 16.4. The topological polar surface area (TPSA) is 87.1 Å². The fourth-order valence-corrected chi connectivity index (χ4v) is 2.89. The van der Waals surface area contributed by atoms with Crippen molar-refractivity contribution in [1.82, 2.24) is 4.90 Å². The first kappa shape index (κ1) is 15.3. The molecule has 0 aromatic heterocycles. The summed E-state index contributed by atoms with van der Waals surface area (Å²) in [6.45, 7) is 1.22. The van der Waals surface area contributed by atoms with E-state index in [-0.39, 0.29) is 30.5 Å². The highest BCUT2D eigenvalue weighted by Crippen LogP contribution is 2.33. The van der Waals surface area contributed by atoms with Gasteiger partial charge in [-0.25, -0.2) is 4.79 Å². The molecule has 1 saturated heterocycles. The minimum Gasteiger partial charge on any atom is -0.482 e. The largest absolute Gasteiger partial charge is 0.482 e. The number of rotatable bonds is 3. The summed E-state index contributed by atoms with van der Waals surface area (Å²) in [5.74, 6) is -1.14. The van der Waals surface area contributed by atoms with Crippen LogP contribution in [0.15, 0.2) is 18.2 Å². The first-order valence-corrected chi connectivity index (χ1v) is 7.64. The van der Waals surface area contributed by atoms with Crippen molar-refractivity contribution in [2.45, 2.75) is 19.3 Å². The number of fused-ring (bicyclic) bond motifs is 1. The smallest absolute Gasteiger partial charge is 0.335 e. The number of nitrogens with zero attached hydrogens (tertiary/aromatic N) is 2. The first-order chi connectivity index (χ1) is 11.1. The second-order valence-corrected chi connectivity index (χ2v) is 5.70. The highest BCUT2D eigenvalue weighted by atomic mass is 16.5. The minimum absolute atomic E-state index is 0.0401. The molecule has 2 aliphatic rings. The molecule has 0 aliphatic carbocycles. The van der Waals surface area contributed by atoms with Gasteiger partial charge in [-0.3, -0.25) is 14.5 Å². The molecule has 0 saturated carbocycles. The number of ether oxygens (including phenoxy) is 1. The molecule has 7 heteroatoms. The summed E-state index contributed by atoms with van der Waals surface area (Å²) < 4.78 is 5.30. The molecule has 1 N–H and O–H groups in total. The standard InChI is InChI=1S/C16H18N2O5/c19-14(17-6-2-1-3-7-17)9-18-12-5-4-11(16(21)22)8-13(12)23-10-15(18)20/h4-5,8H,1-3,6-7,9-10H2,(H,21,22). The van der Waals surface area contributed by atoms with Gasteiger partial charge in [-0.2, -0.15) is 0 Å². The first-order valence-electron chi connectivity index (χ1n) is 7.64. The third kappa shape index (κ3) is 3.13. The molecule has 7 nitrogen and oxygen atoms in total. The van der Waals surface area contributed by atoms with Crippen LogP contribution in [-0.4, -0.2) is 54.0 Å². The Morgan fingerprint density at radius 1 is 1.17 bits per heavy atom. The van der Waals surface area contributed by atoms with E-state index >= 15 is 0 Å². The zero-order valence-corrected chi connectivity index (χ0v) is 12.7. The highest BCUT2D eigenvalue weighted by molar-refractivity contribution is 6.03. The van der Waals surface area contributed by atoms with Crippen molar-refractivity contribution in [3.8, 4) is 5.75 Å². The molecular weight excluding hydrogens is 300 g/mol. The third-order valence-electron chi connectivity index (χ3n) is 4.15. The van der Waals surface area contributed by atoms with Crippen molar-refractivity contribution >= 4 is 23.5 Å². The highest BCUT2D eigenvalue weighted by Gasteiger charge is 2.29. The van der Waals surface area contributed by atoms with Crippen molar-refractivity contribution in [3.05, 3.63) is 23.8 Å². The Bertz CT molecular complexity index is 652. The lowest BCUT2D eigenvalue weighted by Crippen LogP contribution is -2.47. The average Bonchev–Trinajstić information content (AvgIpc) is 2.57. The summed E-state index contributed by atoms with van der Waals surface area (Å²) in [4.78, 5) is 38.7. The predicted molar refractivity (Wildman–Crippen MR) is 81.7 cm³/mol. The van der Waals surface area contributed by atoms with Crippen LogP contribution in [0.3, 0.4) is 0 Å². The van der Waals surface area contributed by atoms with Crippen LogP contribution in [0.1, 0.15) is 29.6 Å². The minimum atomic E-state index is -1.07. The molecule has 0 unspecified atom stereocenters. The van der Waals surface area contributed by atoms with Crippen LogP contribution < -0.4 is 9.64 Å². The summed E-state index contributed by atoms with van der Waals surface area (Å²) in [5, 5.41) is 9.02. The molecule has 23 heavy (non-hydrogen) atoms. The number of piperidine rings is 1. The molecule has 0 atom stereocenters. The molecule has 0 spiro atoms. The van der Waals surface area contributed by atoms with Gasteiger partial charge in [0.2, 0.25) is 5.91 Å². The van der Waals surface area contributed by atoms with Crippen LogP contribution in [0.4, 0.5) is 5.69 Å². The van der Waals surface area contributed by atoms with Crippen LogP contribution in [-0.2, 0) is 9.59 Å². The van der Waals surface area contributed by atoms with Gasteiger partial charge in [0.1, 0.15) is 12.3 Å². The van der Waals surface area contributed by atoms with Crippen molar-refractivity contribution in [2.75, 3.05) is 31.1 Å². The van der Waals surface area contributed by atoms with Crippen LogP contribution >= 0.6 is 0 Å². The van der Waals surface area contributed by atoms with E-state index in [1.165, 1.54) is 23.1 Å². The number of carboxylic acid groups (broad SMARTS) is 1. The van der Waals surface area contributed by atoms with E-state index in [1.54, 1.807) is 4.90 Å². The van der Waals surface area contributed by atoms with Gasteiger partial charge in [-0.1, -0.05) is 0 Å². The molecule has 2 heterocycles. The Kier molecular flexibility index (Phi) is 4.18. The van der Waals surface area contributed by atoms with Crippen molar-refractivity contribution in [3.63, 3.8) is 0 Å². The number of amides is 2. The number of hydrogen-bond donors (Lipinski definition) is 1. The molecule has 0 bridgehead atoms. The number of aromatic carboxylic acids is 1. The van der Waals surface area contributed by atoms with Crippen LogP contribution in [0.5, 0.6) is 5.75 Å². The number of likely N-dealkylation sites (tertiary alicyclic amines) is 1. The lowest BCUT2D eigenvalue weighted by atomic mass is 10.1. The summed E-state index contributed by atoms with van der Waals surface area (Å²) >= 11 is 0. The normalized spacial score (nSPS) is 17.5. The van der Waals surface area contributed by atoms with Crippen molar-refractivity contribution in [2.24, 2.45) is 0 Å². The maximum absolute atomic E-state index is 12.4. The van der Waals surface area contributed by atoms with Gasteiger partial charge < -0.3 is 14.7 Å². The summed E-state index contributed by atoms with van der Waals surface area (Å²) in [7, 11) is 0. The summed E-state index contributed by atoms with van der Waals surface area (Å²) in [6, 6.07) is 4.29. The Labute approximate surface area is 133 Å². The van der Waals surface area contributed by atoms with Gasteiger partial charge in [-0.15, -0.1) is 0 Å². The van der Waals surface area contributed by atoms with E-state index in [4.69, 9.17) is 9.84 Å². The SMILES string of the molecule is O=C(O)c1ccc2c(c1)OCC(=O)N2CC(=O)N1CCCCC1. The zero-order valence-electron chi connectivity index (χ0n) is 12.7. The quantitative estimate of drug-likeness (QED) is 0.902. The van der Waals surface area contributed by atoms with E-state index in [2.05, 4.69) is 0 Å². The van der Waals surface area contributed by atoms with Crippen LogP contribution in [0.2, 0.25) is 0 Å². The van der Waals surface area contributed by atoms with Crippen LogP contribution in [0, 0.1) is 0 Å². The molecule has 1 aromatic rings. The summed E-state index contributed by atoms with van der Waals surface area (Å²) in [5.41, 5.74) is 0.525. The lowest BCUT2D eigenvalue weighted by molar-refractivity contribution is -0.132. The molecule has 1 fully saturated rings. The molecule has 3 rings (SSSR count). The molecule has 2 aliphatic heterocycles. The van der Waals surface area contributed by atoms with E-state index < -0.39 is 5.97 Å². The van der Waals surface area contributed by atoms with Crippen LogP contribution in [0.25, 0.3) is 0 Å². The predicted octanol–water partition coefficient (Wildman–Crippen LogP) is 1.12. The lowest BCUT2D eigenvalue weighted by Gasteiger charge is -2.32. The monoisotopic (exact) mass is 318 g/mol. The molecular formula is C16H18N2O5. The number of carboxylic acids is 1. The molecule has 1 aromatic carbocycles. The van der Waals surface area contributed by atoms with E-state index in [9.17, 15) is 14.4 Å². The second-order valence-electron chi connectivity index (χ2n) is 5.70. The number of anilines is 1. The van der Waals surface area contributed by atoms with E-state index in [0.29, 0.717) is 11.4 Å². The van der Waals surface area contributed by atoms with Gasteiger partial charge in [-0.05, 0) is 37.5 Å². The fourth-order valence-electron chi connectivity index (χ4n) is 2.89. The molecule has 0 radical (unpaired) electrons. The average molecular weight is 318 g/mol. The van der Waals surface area contributed by atoms with Gasteiger partial charge in [0.05, 0.1) is 11.3 Å². The van der Waals surface area contributed by atoms with E-state index in [1.807, 2.05) is 0 Å². The number of benzene rings is 1. The van der Waals surface area contributed by atoms with Gasteiger partial charge >= 0.3 is 5.97 Å². The maximum Gasteiger partial charge on any atom is 0.335 e. The Balaban J connectivity index is 1.81. The molecule has 122 valence electrons. The van der Waals surface area contributed by atoms with Gasteiger partial charge in [0.15, 0.2) is 6.61 Å². The van der Waals surface area contributed by atoms with E-state index in [0.717, 1.165) is 32.4 Å². The number of carbonyl (C=O) groups excluding carboxylic acids is 2. The number of carbonyl (C=O) groups is 3. The Morgan fingerprint density at radius 2 is 1.91 bits per heavy atom. The van der Waals surface area contributed by atoms with Crippen molar-refractivity contribution in [1.29, 1.82) is 0 Å². The van der Waals surface area contributed by atoms with Crippen molar-refractivity contribution < 1.29 is 24.2 Å². The maximum atomic E-state index is 12.4. The second kappa shape index (κ2) is 6.28. The fraction of sp³-hybridized carbons (Fsp3) is 0.438. The molecule has 2 amide bonds. The third-order valence-corrected chi connectivity index (χ3v) is 4.15. The number of hydrogen-bond acceptors (Lipinski definition) is 4.